The fourth-order valence-electron chi connectivity index (χ4n) is 2.17. The van der Waals surface area contributed by atoms with E-state index < -0.39 is 0 Å². The number of carbonyl (C=O) groups excluding carboxylic acids is 1. The van der Waals surface area contributed by atoms with Crippen LogP contribution in [0.2, 0.25) is 0 Å². The van der Waals surface area contributed by atoms with Gasteiger partial charge < -0.3 is 15.2 Å². The molecule has 1 unspecified atom stereocenters. The summed E-state index contributed by atoms with van der Waals surface area (Å²) >= 11 is 0. The average molecular weight is 286 g/mol. The van der Waals surface area contributed by atoms with Crippen LogP contribution in [0.4, 0.5) is 5.69 Å². The first-order chi connectivity index (χ1) is 8.59. The number of pyridine rings is 1. The van der Waals surface area contributed by atoms with E-state index in [9.17, 15) is 9.59 Å². The summed E-state index contributed by atoms with van der Waals surface area (Å²) in [5.41, 5.74) is 1.04. The molecule has 1 aromatic heterocycles. The fourth-order valence-corrected chi connectivity index (χ4v) is 2.17. The highest BCUT2D eigenvalue weighted by Crippen LogP contribution is 2.14. The molecule has 0 radical (unpaired) electrons. The van der Waals surface area contributed by atoms with Crippen LogP contribution in [-0.4, -0.2) is 23.6 Å². The van der Waals surface area contributed by atoms with Gasteiger partial charge in [-0.05, 0) is 37.9 Å². The van der Waals surface area contributed by atoms with E-state index in [0.717, 1.165) is 24.9 Å². The Hall–Kier alpha value is -1.33. The summed E-state index contributed by atoms with van der Waals surface area (Å²) < 4.78 is 1.47. The third-order valence-electron chi connectivity index (χ3n) is 3.39. The van der Waals surface area contributed by atoms with Gasteiger partial charge in [0.2, 0.25) is 5.91 Å². The molecule has 1 aliphatic heterocycles. The Morgan fingerprint density at radius 2 is 2.26 bits per heavy atom. The van der Waals surface area contributed by atoms with Gasteiger partial charge in [0.25, 0.3) is 5.56 Å². The van der Waals surface area contributed by atoms with E-state index in [2.05, 4.69) is 10.6 Å². The number of aromatic nitrogens is 1. The molecule has 2 heterocycles. The van der Waals surface area contributed by atoms with Crippen molar-refractivity contribution in [1.29, 1.82) is 0 Å². The molecule has 2 rings (SSSR count). The number of carbonyl (C=O) groups is 1. The van der Waals surface area contributed by atoms with E-state index in [4.69, 9.17) is 0 Å². The van der Waals surface area contributed by atoms with E-state index in [1.165, 1.54) is 4.57 Å². The Morgan fingerprint density at radius 1 is 1.53 bits per heavy atom. The van der Waals surface area contributed by atoms with Crippen molar-refractivity contribution >= 4 is 24.0 Å². The molecule has 0 bridgehead atoms. The maximum absolute atomic E-state index is 12.1. The Morgan fingerprint density at radius 3 is 2.89 bits per heavy atom. The fraction of sp³-hybridized carbons (Fsp3) is 0.538. The topological polar surface area (TPSA) is 63.1 Å². The molecular weight excluding hydrogens is 266 g/mol. The molecule has 2 N–H and O–H groups in total. The number of halogens is 1. The van der Waals surface area contributed by atoms with Gasteiger partial charge in [-0.25, -0.2) is 0 Å². The molecule has 1 fully saturated rings. The minimum absolute atomic E-state index is 0. The molecule has 0 saturated carbocycles. The number of piperidine rings is 1. The number of anilines is 1. The van der Waals surface area contributed by atoms with Crippen molar-refractivity contribution in [2.45, 2.75) is 19.8 Å². The maximum Gasteiger partial charge on any atom is 0.274 e. The number of nitrogens with zero attached hydrogens (tertiary/aromatic N) is 1. The number of hydrogen-bond acceptors (Lipinski definition) is 3. The minimum Gasteiger partial charge on any atom is -0.321 e. The summed E-state index contributed by atoms with van der Waals surface area (Å²) in [6.45, 7) is 3.49. The minimum atomic E-state index is -0.160. The summed E-state index contributed by atoms with van der Waals surface area (Å²) in [7, 11) is 1.68. The van der Waals surface area contributed by atoms with Crippen LogP contribution in [0, 0.1) is 12.8 Å². The maximum atomic E-state index is 12.1. The lowest BCUT2D eigenvalue weighted by Gasteiger charge is -2.22. The second kappa shape index (κ2) is 6.73. The van der Waals surface area contributed by atoms with Gasteiger partial charge >= 0.3 is 0 Å². The molecule has 0 spiro atoms. The summed E-state index contributed by atoms with van der Waals surface area (Å²) in [6.07, 6.45) is 3.59. The van der Waals surface area contributed by atoms with Crippen molar-refractivity contribution in [1.82, 2.24) is 9.88 Å². The molecule has 1 amide bonds. The number of amides is 1. The predicted octanol–water partition coefficient (Wildman–Crippen LogP) is 1.05. The highest BCUT2D eigenvalue weighted by atomic mass is 35.5. The standard InChI is InChI=1S/C13H19N3O2.ClH/c1-9-5-7-16(2)13(18)11(9)15-12(17)10-4-3-6-14-8-10;/h5,7,10,14H,3-4,6,8H2,1-2H3,(H,15,17);1H. The molecular formula is C13H20ClN3O2. The Balaban J connectivity index is 0.00000180. The smallest absolute Gasteiger partial charge is 0.274 e. The lowest BCUT2D eigenvalue weighted by molar-refractivity contribution is -0.120. The third-order valence-corrected chi connectivity index (χ3v) is 3.39. The molecule has 1 saturated heterocycles. The van der Waals surface area contributed by atoms with Gasteiger partial charge in [-0.2, -0.15) is 0 Å². The monoisotopic (exact) mass is 285 g/mol. The quantitative estimate of drug-likeness (QED) is 0.854. The van der Waals surface area contributed by atoms with Gasteiger partial charge in [-0.1, -0.05) is 0 Å². The zero-order chi connectivity index (χ0) is 13.1. The van der Waals surface area contributed by atoms with Crippen molar-refractivity contribution in [3.8, 4) is 0 Å². The van der Waals surface area contributed by atoms with Crippen LogP contribution < -0.4 is 16.2 Å². The van der Waals surface area contributed by atoms with Gasteiger partial charge in [-0.15, -0.1) is 12.4 Å². The normalized spacial score (nSPS) is 18.5. The van der Waals surface area contributed by atoms with Crippen LogP contribution in [0.15, 0.2) is 17.1 Å². The van der Waals surface area contributed by atoms with Gasteiger partial charge in [0, 0.05) is 19.8 Å². The molecule has 6 heteroatoms. The van der Waals surface area contributed by atoms with Crippen molar-refractivity contribution < 1.29 is 4.79 Å². The molecule has 1 aliphatic rings. The zero-order valence-electron chi connectivity index (χ0n) is 11.2. The second-order valence-corrected chi connectivity index (χ2v) is 4.82. The molecule has 0 aromatic carbocycles. The third kappa shape index (κ3) is 3.58. The predicted molar refractivity (Wildman–Crippen MR) is 77.9 cm³/mol. The van der Waals surface area contributed by atoms with Crippen molar-refractivity contribution in [3.63, 3.8) is 0 Å². The summed E-state index contributed by atoms with van der Waals surface area (Å²) in [6, 6.07) is 1.83. The highest BCUT2D eigenvalue weighted by Gasteiger charge is 2.22. The number of aryl methyl sites for hydroxylation is 2. The lowest BCUT2D eigenvalue weighted by Crippen LogP contribution is -2.38. The number of rotatable bonds is 2. The van der Waals surface area contributed by atoms with Crippen LogP contribution in [-0.2, 0) is 11.8 Å². The van der Waals surface area contributed by atoms with E-state index in [1.54, 1.807) is 13.2 Å². The SMILES string of the molecule is Cc1ccn(C)c(=O)c1NC(=O)C1CCCNC1.Cl. The van der Waals surface area contributed by atoms with Crippen molar-refractivity contribution in [2.75, 3.05) is 18.4 Å². The van der Waals surface area contributed by atoms with Crippen molar-refractivity contribution in [3.05, 3.63) is 28.2 Å². The summed E-state index contributed by atoms with van der Waals surface area (Å²) in [4.78, 5) is 24.0. The van der Waals surface area contributed by atoms with Gasteiger partial charge in [0.1, 0.15) is 5.69 Å². The first kappa shape index (κ1) is 15.7. The molecule has 0 aliphatic carbocycles. The first-order valence-corrected chi connectivity index (χ1v) is 6.27. The van der Waals surface area contributed by atoms with E-state index >= 15 is 0 Å². The zero-order valence-corrected chi connectivity index (χ0v) is 12.0. The van der Waals surface area contributed by atoms with Gasteiger partial charge in [0.15, 0.2) is 0 Å². The van der Waals surface area contributed by atoms with E-state index in [-0.39, 0.29) is 29.8 Å². The Kier molecular flexibility index (Phi) is 5.57. The van der Waals surface area contributed by atoms with E-state index in [1.807, 2.05) is 13.0 Å². The molecule has 1 atom stereocenters. The lowest BCUT2D eigenvalue weighted by atomic mass is 9.98. The molecule has 19 heavy (non-hydrogen) atoms. The molecule has 1 aromatic rings. The number of hydrogen-bond donors (Lipinski definition) is 2. The summed E-state index contributed by atoms with van der Waals surface area (Å²) in [5.74, 6) is -0.100. The van der Waals surface area contributed by atoms with Crippen LogP contribution in [0.25, 0.3) is 0 Å². The Bertz CT molecular complexity index is 507. The molecule has 106 valence electrons. The largest absolute Gasteiger partial charge is 0.321 e. The summed E-state index contributed by atoms with van der Waals surface area (Å²) in [5, 5.41) is 5.97. The van der Waals surface area contributed by atoms with Crippen LogP contribution in [0.1, 0.15) is 18.4 Å². The highest BCUT2D eigenvalue weighted by molar-refractivity contribution is 5.93. The van der Waals surface area contributed by atoms with E-state index in [0.29, 0.717) is 12.2 Å². The second-order valence-electron chi connectivity index (χ2n) is 4.82. The van der Waals surface area contributed by atoms with Gasteiger partial charge in [-0.3, -0.25) is 9.59 Å². The van der Waals surface area contributed by atoms with Crippen LogP contribution in [0.3, 0.4) is 0 Å². The van der Waals surface area contributed by atoms with Crippen LogP contribution >= 0.6 is 12.4 Å². The van der Waals surface area contributed by atoms with Crippen molar-refractivity contribution in [2.24, 2.45) is 13.0 Å². The number of nitrogens with one attached hydrogen (secondary N) is 2. The van der Waals surface area contributed by atoms with Crippen LogP contribution in [0.5, 0.6) is 0 Å². The molecule has 5 nitrogen and oxygen atoms in total. The average Bonchev–Trinajstić information content (AvgIpc) is 2.40. The first-order valence-electron chi connectivity index (χ1n) is 6.27. The van der Waals surface area contributed by atoms with Gasteiger partial charge in [0.05, 0.1) is 5.92 Å². The Labute approximate surface area is 118 Å².